The molecule has 2 aromatic rings. The molecule has 0 saturated carbocycles. The summed E-state index contributed by atoms with van der Waals surface area (Å²) in [4.78, 5) is 12.2. The minimum Gasteiger partial charge on any atom is -0.507 e. The molecular formula is C18H20O4. The van der Waals surface area contributed by atoms with E-state index in [1.807, 2.05) is 37.3 Å². The summed E-state index contributed by atoms with van der Waals surface area (Å²) >= 11 is 0. The lowest BCUT2D eigenvalue weighted by atomic mass is 9.95. The lowest BCUT2D eigenvalue weighted by Gasteiger charge is -2.13. The van der Waals surface area contributed by atoms with E-state index in [4.69, 9.17) is 4.74 Å². The topological polar surface area (TPSA) is 66.8 Å². The Morgan fingerprint density at radius 3 is 2.50 bits per heavy atom. The first-order valence-electron chi connectivity index (χ1n) is 7.30. The van der Waals surface area contributed by atoms with E-state index in [9.17, 15) is 15.0 Å². The van der Waals surface area contributed by atoms with E-state index in [-0.39, 0.29) is 23.7 Å². The quantitative estimate of drug-likeness (QED) is 0.771. The third-order valence-corrected chi connectivity index (χ3v) is 3.57. The van der Waals surface area contributed by atoms with E-state index in [0.29, 0.717) is 18.8 Å². The third-order valence-electron chi connectivity index (χ3n) is 3.57. The number of phenolic OH excluding ortho intramolecular Hbond substituents is 1. The summed E-state index contributed by atoms with van der Waals surface area (Å²) in [5, 5.41) is 19.2. The van der Waals surface area contributed by atoms with Crippen molar-refractivity contribution < 1.29 is 19.7 Å². The van der Waals surface area contributed by atoms with Crippen LogP contribution in [0.3, 0.4) is 0 Å². The first-order valence-corrected chi connectivity index (χ1v) is 7.30. The van der Waals surface area contributed by atoms with E-state index >= 15 is 0 Å². The predicted octanol–water partition coefficient (Wildman–Crippen LogP) is 3.17. The second-order valence-electron chi connectivity index (χ2n) is 5.11. The Morgan fingerprint density at radius 2 is 1.91 bits per heavy atom. The van der Waals surface area contributed by atoms with Crippen molar-refractivity contribution in [2.45, 2.75) is 20.0 Å². The number of aromatic hydroxyl groups is 1. The summed E-state index contributed by atoms with van der Waals surface area (Å²) in [5.41, 5.74) is 1.24. The van der Waals surface area contributed by atoms with E-state index in [0.717, 1.165) is 5.56 Å². The molecular weight excluding hydrogens is 280 g/mol. The second kappa shape index (κ2) is 7.61. The number of aliphatic hydroxyl groups is 1. The van der Waals surface area contributed by atoms with Crippen molar-refractivity contribution >= 4 is 5.78 Å². The molecule has 0 unspecified atom stereocenters. The van der Waals surface area contributed by atoms with Gasteiger partial charge in [-0.2, -0.15) is 0 Å². The van der Waals surface area contributed by atoms with Gasteiger partial charge < -0.3 is 14.9 Å². The standard InChI is InChI=1S/C18H20O4/c1-2-14(11-19)18(21)16-9-8-15(10-17(16)20)22-12-13-6-4-3-5-7-13/h3-10,14,19-20H,2,11-12H2,1H3/t14-/m1/s1. The van der Waals surface area contributed by atoms with Gasteiger partial charge in [0, 0.05) is 12.0 Å². The van der Waals surface area contributed by atoms with Gasteiger partial charge in [0.15, 0.2) is 5.78 Å². The fourth-order valence-corrected chi connectivity index (χ4v) is 2.17. The number of ketones is 1. The van der Waals surface area contributed by atoms with Crippen molar-refractivity contribution in [2.24, 2.45) is 5.92 Å². The van der Waals surface area contributed by atoms with Crippen LogP contribution in [0.15, 0.2) is 48.5 Å². The van der Waals surface area contributed by atoms with Crippen LogP contribution >= 0.6 is 0 Å². The molecule has 2 aromatic carbocycles. The summed E-state index contributed by atoms with van der Waals surface area (Å²) < 4.78 is 5.60. The fraction of sp³-hybridized carbons (Fsp3) is 0.278. The van der Waals surface area contributed by atoms with Crippen LogP contribution in [0.2, 0.25) is 0 Å². The zero-order valence-electron chi connectivity index (χ0n) is 12.5. The molecule has 0 aromatic heterocycles. The van der Waals surface area contributed by atoms with Crippen molar-refractivity contribution in [3.05, 3.63) is 59.7 Å². The Hall–Kier alpha value is -2.33. The van der Waals surface area contributed by atoms with Gasteiger partial charge in [0.25, 0.3) is 0 Å². The largest absolute Gasteiger partial charge is 0.507 e. The number of hydrogen-bond donors (Lipinski definition) is 2. The molecule has 2 N–H and O–H groups in total. The predicted molar refractivity (Wildman–Crippen MR) is 84.1 cm³/mol. The zero-order valence-corrected chi connectivity index (χ0v) is 12.5. The van der Waals surface area contributed by atoms with E-state index in [1.165, 1.54) is 12.1 Å². The number of rotatable bonds is 7. The molecule has 0 heterocycles. The average Bonchev–Trinajstić information content (AvgIpc) is 2.55. The molecule has 0 spiro atoms. The number of benzene rings is 2. The van der Waals surface area contributed by atoms with Crippen LogP contribution in [-0.4, -0.2) is 22.6 Å². The van der Waals surface area contributed by atoms with Gasteiger partial charge in [-0.3, -0.25) is 4.79 Å². The Kier molecular flexibility index (Phi) is 5.55. The highest BCUT2D eigenvalue weighted by Crippen LogP contribution is 2.27. The first-order chi connectivity index (χ1) is 10.7. The number of hydrogen-bond acceptors (Lipinski definition) is 4. The van der Waals surface area contributed by atoms with Crippen LogP contribution < -0.4 is 4.74 Å². The Bertz CT molecular complexity index is 618. The van der Waals surface area contributed by atoms with Gasteiger partial charge in [-0.15, -0.1) is 0 Å². The van der Waals surface area contributed by atoms with Gasteiger partial charge >= 0.3 is 0 Å². The SMILES string of the molecule is CC[C@H](CO)C(=O)c1ccc(OCc2ccccc2)cc1O. The molecule has 116 valence electrons. The number of Topliss-reactive ketones (excluding diaryl/α,β-unsaturated/α-hetero) is 1. The smallest absolute Gasteiger partial charge is 0.171 e. The highest BCUT2D eigenvalue weighted by Gasteiger charge is 2.20. The minimum atomic E-state index is -0.484. The molecule has 2 rings (SSSR count). The molecule has 4 nitrogen and oxygen atoms in total. The average molecular weight is 300 g/mol. The van der Waals surface area contributed by atoms with Gasteiger partial charge in [-0.1, -0.05) is 37.3 Å². The number of carbonyl (C=O) groups is 1. The van der Waals surface area contributed by atoms with Crippen LogP contribution in [0.1, 0.15) is 29.3 Å². The third kappa shape index (κ3) is 3.86. The molecule has 0 aliphatic rings. The molecule has 0 aliphatic heterocycles. The maximum atomic E-state index is 12.2. The number of ether oxygens (including phenoxy) is 1. The highest BCUT2D eigenvalue weighted by atomic mass is 16.5. The van der Waals surface area contributed by atoms with Crippen LogP contribution in [-0.2, 0) is 6.61 Å². The summed E-state index contributed by atoms with van der Waals surface area (Å²) in [7, 11) is 0. The van der Waals surface area contributed by atoms with Gasteiger partial charge in [-0.25, -0.2) is 0 Å². The lowest BCUT2D eigenvalue weighted by molar-refractivity contribution is 0.0853. The molecule has 0 radical (unpaired) electrons. The molecule has 0 fully saturated rings. The molecule has 0 aliphatic carbocycles. The zero-order chi connectivity index (χ0) is 15.9. The molecule has 4 heteroatoms. The van der Waals surface area contributed by atoms with Crippen LogP contribution in [0.25, 0.3) is 0 Å². The molecule has 1 atom stereocenters. The lowest BCUT2D eigenvalue weighted by Crippen LogP contribution is -2.17. The molecule has 0 amide bonds. The van der Waals surface area contributed by atoms with Crippen molar-refractivity contribution in [1.29, 1.82) is 0 Å². The van der Waals surface area contributed by atoms with Gasteiger partial charge in [-0.05, 0) is 24.1 Å². The van der Waals surface area contributed by atoms with Crippen LogP contribution in [0.4, 0.5) is 0 Å². The monoisotopic (exact) mass is 300 g/mol. The number of aliphatic hydroxyl groups excluding tert-OH is 1. The van der Waals surface area contributed by atoms with Crippen molar-refractivity contribution in [3.63, 3.8) is 0 Å². The summed E-state index contributed by atoms with van der Waals surface area (Å²) in [5.74, 6) is -0.364. The summed E-state index contributed by atoms with van der Waals surface area (Å²) in [6.45, 7) is 2.00. The van der Waals surface area contributed by atoms with Crippen LogP contribution in [0, 0.1) is 5.92 Å². The molecule has 0 bridgehead atoms. The minimum absolute atomic E-state index is 0.123. The number of carbonyl (C=O) groups excluding carboxylic acids is 1. The van der Waals surface area contributed by atoms with E-state index in [1.54, 1.807) is 6.07 Å². The maximum Gasteiger partial charge on any atom is 0.171 e. The second-order valence-corrected chi connectivity index (χ2v) is 5.11. The Morgan fingerprint density at radius 1 is 1.18 bits per heavy atom. The van der Waals surface area contributed by atoms with Gasteiger partial charge in [0.2, 0.25) is 0 Å². The van der Waals surface area contributed by atoms with Crippen molar-refractivity contribution in [2.75, 3.05) is 6.61 Å². The number of phenols is 1. The van der Waals surface area contributed by atoms with E-state index in [2.05, 4.69) is 0 Å². The van der Waals surface area contributed by atoms with E-state index < -0.39 is 5.92 Å². The fourth-order valence-electron chi connectivity index (χ4n) is 2.17. The molecule has 0 saturated heterocycles. The Balaban J connectivity index is 2.08. The van der Waals surface area contributed by atoms with Gasteiger partial charge in [0.1, 0.15) is 18.1 Å². The normalized spacial score (nSPS) is 11.9. The highest BCUT2D eigenvalue weighted by molar-refractivity contribution is 6.00. The van der Waals surface area contributed by atoms with Crippen molar-refractivity contribution in [3.8, 4) is 11.5 Å². The van der Waals surface area contributed by atoms with Crippen molar-refractivity contribution in [1.82, 2.24) is 0 Å². The first kappa shape index (κ1) is 16.0. The summed E-state index contributed by atoms with van der Waals surface area (Å²) in [6, 6.07) is 14.3. The Labute approximate surface area is 130 Å². The van der Waals surface area contributed by atoms with Crippen LogP contribution in [0.5, 0.6) is 11.5 Å². The maximum absolute atomic E-state index is 12.2. The van der Waals surface area contributed by atoms with Gasteiger partial charge in [0.05, 0.1) is 12.2 Å². The summed E-state index contributed by atoms with van der Waals surface area (Å²) in [6.07, 6.45) is 0.529. The molecule has 22 heavy (non-hydrogen) atoms.